The lowest BCUT2D eigenvalue weighted by Gasteiger charge is -2.19. The molecular formula is C18H21N3O3. The molecule has 1 aromatic carbocycles. The van der Waals surface area contributed by atoms with Crippen molar-refractivity contribution in [2.75, 3.05) is 0 Å². The first-order valence-electron chi connectivity index (χ1n) is 8.03. The maximum Gasteiger partial charge on any atom is 0.268 e. The van der Waals surface area contributed by atoms with Crippen molar-refractivity contribution >= 4 is 11.8 Å². The van der Waals surface area contributed by atoms with Gasteiger partial charge in [-0.05, 0) is 38.3 Å². The van der Waals surface area contributed by atoms with E-state index in [1.54, 1.807) is 19.9 Å². The number of aryl methyl sites for hydroxylation is 2. The summed E-state index contributed by atoms with van der Waals surface area (Å²) in [6.45, 7) is 3.52. The molecule has 24 heavy (non-hydrogen) atoms. The zero-order valence-corrected chi connectivity index (χ0v) is 13.8. The number of nitrogens with one attached hydrogen (secondary N) is 3. The maximum atomic E-state index is 12.5. The maximum absolute atomic E-state index is 12.5. The Morgan fingerprint density at radius 3 is 2.46 bits per heavy atom. The standard InChI is InChI=1S/C18H21N3O3/c1-11-10-15(12(2)24-11)17(22)21-20-16(13-6-4-3-5-7-13)18(23)19-14-8-9-14/h3-7,10,14,16,20H,8-9H2,1-2H3,(H,19,23)(H,21,22). The van der Waals surface area contributed by atoms with Crippen molar-refractivity contribution in [1.29, 1.82) is 0 Å². The van der Waals surface area contributed by atoms with Gasteiger partial charge in [0.1, 0.15) is 17.6 Å². The second kappa shape index (κ2) is 6.88. The fourth-order valence-electron chi connectivity index (χ4n) is 2.52. The van der Waals surface area contributed by atoms with Gasteiger partial charge in [-0.25, -0.2) is 5.43 Å². The zero-order chi connectivity index (χ0) is 17.1. The van der Waals surface area contributed by atoms with Crippen molar-refractivity contribution in [2.45, 2.75) is 38.8 Å². The van der Waals surface area contributed by atoms with Gasteiger partial charge in [-0.15, -0.1) is 0 Å². The number of furan rings is 1. The molecule has 6 nitrogen and oxygen atoms in total. The largest absolute Gasteiger partial charge is 0.466 e. The Hall–Kier alpha value is -2.60. The second-order valence-corrected chi connectivity index (χ2v) is 6.05. The molecule has 3 N–H and O–H groups in total. The third-order valence-electron chi connectivity index (χ3n) is 3.93. The number of rotatable bonds is 6. The van der Waals surface area contributed by atoms with Crippen LogP contribution in [0, 0.1) is 13.8 Å². The summed E-state index contributed by atoms with van der Waals surface area (Å²) >= 11 is 0. The Balaban J connectivity index is 1.70. The summed E-state index contributed by atoms with van der Waals surface area (Å²) in [6.07, 6.45) is 2.01. The van der Waals surface area contributed by atoms with Crippen molar-refractivity contribution < 1.29 is 14.0 Å². The average Bonchev–Trinajstić information content (AvgIpc) is 3.30. The van der Waals surface area contributed by atoms with E-state index in [2.05, 4.69) is 16.2 Å². The molecule has 1 aliphatic rings. The van der Waals surface area contributed by atoms with E-state index >= 15 is 0 Å². The van der Waals surface area contributed by atoms with Gasteiger partial charge in [-0.2, -0.15) is 0 Å². The molecule has 0 bridgehead atoms. The SMILES string of the molecule is Cc1cc(C(=O)NNC(C(=O)NC2CC2)c2ccccc2)c(C)o1. The summed E-state index contributed by atoms with van der Waals surface area (Å²) in [5.74, 6) is 0.739. The number of hydrogen-bond acceptors (Lipinski definition) is 4. The molecule has 0 saturated heterocycles. The third kappa shape index (κ3) is 3.83. The molecule has 1 heterocycles. The molecule has 0 radical (unpaired) electrons. The highest BCUT2D eigenvalue weighted by molar-refractivity contribution is 5.95. The minimum Gasteiger partial charge on any atom is -0.466 e. The van der Waals surface area contributed by atoms with Crippen LogP contribution < -0.4 is 16.2 Å². The Morgan fingerprint density at radius 2 is 1.88 bits per heavy atom. The van der Waals surface area contributed by atoms with Crippen molar-refractivity contribution in [2.24, 2.45) is 0 Å². The molecule has 1 unspecified atom stereocenters. The van der Waals surface area contributed by atoms with E-state index in [0.29, 0.717) is 17.1 Å². The summed E-state index contributed by atoms with van der Waals surface area (Å²) in [4.78, 5) is 24.8. The lowest BCUT2D eigenvalue weighted by molar-refractivity contribution is -0.123. The number of amides is 2. The highest BCUT2D eigenvalue weighted by Crippen LogP contribution is 2.21. The molecule has 2 aromatic rings. The molecule has 0 aliphatic heterocycles. The highest BCUT2D eigenvalue weighted by Gasteiger charge is 2.28. The summed E-state index contributed by atoms with van der Waals surface area (Å²) < 4.78 is 5.37. The Bertz CT molecular complexity index is 735. The van der Waals surface area contributed by atoms with Gasteiger partial charge in [0, 0.05) is 6.04 Å². The van der Waals surface area contributed by atoms with Crippen LogP contribution in [0.5, 0.6) is 0 Å². The lowest BCUT2D eigenvalue weighted by Crippen LogP contribution is -2.46. The van der Waals surface area contributed by atoms with Crippen molar-refractivity contribution in [3.05, 3.63) is 59.0 Å². The number of carbonyl (C=O) groups is 2. The Kier molecular flexibility index (Phi) is 4.66. The predicted octanol–water partition coefficient (Wildman–Crippen LogP) is 2.15. The molecule has 6 heteroatoms. The van der Waals surface area contributed by atoms with Gasteiger partial charge in [-0.3, -0.25) is 15.0 Å². The quantitative estimate of drug-likeness (QED) is 0.710. The number of benzene rings is 1. The predicted molar refractivity (Wildman–Crippen MR) is 89.1 cm³/mol. The molecule has 1 aromatic heterocycles. The summed E-state index contributed by atoms with van der Waals surface area (Å²) in [7, 11) is 0. The van der Waals surface area contributed by atoms with E-state index in [-0.39, 0.29) is 17.9 Å². The first-order valence-corrected chi connectivity index (χ1v) is 8.03. The van der Waals surface area contributed by atoms with Crippen LogP contribution >= 0.6 is 0 Å². The van der Waals surface area contributed by atoms with E-state index in [4.69, 9.17) is 4.42 Å². The molecule has 126 valence electrons. The minimum atomic E-state index is -0.649. The van der Waals surface area contributed by atoms with Gasteiger partial charge in [-0.1, -0.05) is 30.3 Å². The molecule has 2 amide bonds. The van der Waals surface area contributed by atoms with Crippen molar-refractivity contribution in [3.8, 4) is 0 Å². The van der Waals surface area contributed by atoms with Crippen molar-refractivity contribution in [1.82, 2.24) is 16.2 Å². The average molecular weight is 327 g/mol. The normalized spacial score (nSPS) is 14.9. The van der Waals surface area contributed by atoms with Gasteiger partial charge in [0.05, 0.1) is 5.56 Å². The van der Waals surface area contributed by atoms with Crippen LogP contribution in [-0.4, -0.2) is 17.9 Å². The van der Waals surface area contributed by atoms with Crippen LogP contribution in [0.15, 0.2) is 40.8 Å². The van der Waals surface area contributed by atoms with Gasteiger partial charge < -0.3 is 9.73 Å². The van der Waals surface area contributed by atoms with Crippen LogP contribution in [0.2, 0.25) is 0 Å². The summed E-state index contributed by atoms with van der Waals surface area (Å²) in [5.41, 5.74) is 6.71. The van der Waals surface area contributed by atoms with Crippen LogP contribution in [0.4, 0.5) is 0 Å². The second-order valence-electron chi connectivity index (χ2n) is 6.05. The van der Waals surface area contributed by atoms with E-state index in [1.807, 2.05) is 30.3 Å². The lowest BCUT2D eigenvalue weighted by atomic mass is 10.1. The van der Waals surface area contributed by atoms with E-state index in [1.165, 1.54) is 0 Å². The Labute approximate surface area is 140 Å². The summed E-state index contributed by atoms with van der Waals surface area (Å²) in [6, 6.07) is 10.6. The fraction of sp³-hybridized carbons (Fsp3) is 0.333. The van der Waals surface area contributed by atoms with Gasteiger partial charge in [0.25, 0.3) is 5.91 Å². The number of carbonyl (C=O) groups excluding carboxylic acids is 2. The Morgan fingerprint density at radius 1 is 1.17 bits per heavy atom. The first-order chi connectivity index (χ1) is 11.5. The molecule has 3 rings (SSSR count). The van der Waals surface area contributed by atoms with Gasteiger partial charge >= 0.3 is 0 Å². The molecule has 0 spiro atoms. The minimum absolute atomic E-state index is 0.149. The zero-order valence-electron chi connectivity index (χ0n) is 13.8. The third-order valence-corrected chi connectivity index (χ3v) is 3.93. The number of hydrogen-bond donors (Lipinski definition) is 3. The van der Waals surface area contributed by atoms with Gasteiger partial charge in [0.15, 0.2) is 0 Å². The molecule has 1 fully saturated rings. The molecular weight excluding hydrogens is 306 g/mol. The monoisotopic (exact) mass is 327 g/mol. The number of hydrazine groups is 1. The van der Waals surface area contributed by atoms with Crippen molar-refractivity contribution in [3.63, 3.8) is 0 Å². The molecule has 1 aliphatic carbocycles. The summed E-state index contributed by atoms with van der Waals surface area (Å²) in [5, 5.41) is 2.96. The molecule has 1 atom stereocenters. The fourth-order valence-corrected chi connectivity index (χ4v) is 2.52. The van der Waals surface area contributed by atoms with E-state index in [0.717, 1.165) is 18.4 Å². The smallest absolute Gasteiger partial charge is 0.268 e. The van der Waals surface area contributed by atoms with Crippen LogP contribution in [0.1, 0.15) is 46.3 Å². The first kappa shape index (κ1) is 16.3. The van der Waals surface area contributed by atoms with E-state index in [9.17, 15) is 9.59 Å². The van der Waals surface area contributed by atoms with Gasteiger partial charge in [0.2, 0.25) is 5.91 Å². The van der Waals surface area contributed by atoms with E-state index < -0.39 is 6.04 Å². The topological polar surface area (TPSA) is 83.4 Å². The van der Waals surface area contributed by atoms with Crippen LogP contribution in [0.3, 0.4) is 0 Å². The molecule has 1 saturated carbocycles. The highest BCUT2D eigenvalue weighted by atomic mass is 16.3. The van der Waals surface area contributed by atoms with Crippen LogP contribution in [-0.2, 0) is 4.79 Å². The van der Waals surface area contributed by atoms with Crippen LogP contribution in [0.25, 0.3) is 0 Å².